The lowest BCUT2D eigenvalue weighted by molar-refractivity contribution is 0.386. The second-order valence-corrected chi connectivity index (χ2v) is 5.01. The summed E-state index contributed by atoms with van der Waals surface area (Å²) in [7, 11) is 4.07. The van der Waals surface area contributed by atoms with Crippen molar-refractivity contribution in [1.29, 1.82) is 0 Å². The summed E-state index contributed by atoms with van der Waals surface area (Å²) in [4.78, 5) is 0. The number of hydrogen-bond donors (Lipinski definition) is 1. The number of rotatable bonds is 3. The molecule has 0 aromatic carbocycles. The number of nitrogens with one attached hydrogen (secondary N) is 1. The van der Waals surface area contributed by atoms with Crippen molar-refractivity contribution < 1.29 is 0 Å². The normalized spacial score (nSPS) is 26.6. The van der Waals surface area contributed by atoms with E-state index in [0.29, 0.717) is 5.92 Å². The molecule has 0 saturated heterocycles. The van der Waals surface area contributed by atoms with E-state index in [4.69, 9.17) is 0 Å². The molecule has 1 aliphatic carbocycles. The molecule has 3 nitrogen and oxygen atoms in total. The topological polar surface area (TPSA) is 29.9 Å². The van der Waals surface area contributed by atoms with Crippen molar-refractivity contribution >= 4 is 0 Å². The van der Waals surface area contributed by atoms with E-state index in [1.165, 1.54) is 37.7 Å². The third kappa shape index (κ3) is 2.64. The van der Waals surface area contributed by atoms with E-state index in [0.717, 1.165) is 12.5 Å². The van der Waals surface area contributed by atoms with E-state index in [1.54, 1.807) is 0 Å². The summed E-state index contributed by atoms with van der Waals surface area (Å²) < 4.78 is 1.93. The molecule has 2 atom stereocenters. The molecular weight excluding hydrogens is 198 g/mol. The number of hydrogen-bond acceptors (Lipinski definition) is 2. The summed E-state index contributed by atoms with van der Waals surface area (Å²) in [6.45, 7) is 1.14. The van der Waals surface area contributed by atoms with Gasteiger partial charge in [-0.05, 0) is 43.8 Å². The van der Waals surface area contributed by atoms with Gasteiger partial charge in [-0.3, -0.25) is 4.68 Å². The van der Waals surface area contributed by atoms with Crippen LogP contribution in [-0.4, -0.2) is 23.4 Å². The average Bonchev–Trinajstić information content (AvgIpc) is 2.56. The van der Waals surface area contributed by atoms with Gasteiger partial charge >= 0.3 is 0 Å². The molecule has 2 rings (SSSR count). The van der Waals surface area contributed by atoms with Crippen LogP contribution < -0.4 is 5.32 Å². The molecule has 1 aromatic rings. The zero-order valence-electron chi connectivity index (χ0n) is 10.4. The summed E-state index contributed by atoms with van der Waals surface area (Å²) in [6.07, 6.45) is 11.1. The van der Waals surface area contributed by atoms with Crippen LogP contribution in [0.4, 0.5) is 0 Å². The molecule has 0 spiro atoms. The van der Waals surface area contributed by atoms with Gasteiger partial charge in [-0.25, -0.2) is 0 Å². The van der Waals surface area contributed by atoms with E-state index in [1.807, 2.05) is 11.7 Å². The van der Waals surface area contributed by atoms with E-state index in [2.05, 4.69) is 29.9 Å². The fourth-order valence-electron chi connectivity index (χ4n) is 2.96. The summed E-state index contributed by atoms with van der Waals surface area (Å²) >= 11 is 0. The van der Waals surface area contributed by atoms with E-state index >= 15 is 0 Å². The van der Waals surface area contributed by atoms with E-state index < -0.39 is 0 Å². The Bertz CT molecular complexity index is 319. The molecule has 0 bridgehead atoms. The standard InChI is InChI=1S/C13H23N3/c1-14-8-11-6-4-3-5-7-13(11)12-9-15-16(2)10-12/h9-11,13-14H,3-8H2,1-2H3. The first-order chi connectivity index (χ1) is 7.81. The van der Waals surface area contributed by atoms with Crippen LogP contribution in [0.2, 0.25) is 0 Å². The summed E-state index contributed by atoms with van der Waals surface area (Å²) in [6, 6.07) is 0. The monoisotopic (exact) mass is 221 g/mol. The van der Waals surface area contributed by atoms with Crippen LogP contribution in [0.5, 0.6) is 0 Å². The molecule has 16 heavy (non-hydrogen) atoms. The number of aryl methyl sites for hydroxylation is 1. The van der Waals surface area contributed by atoms with Gasteiger partial charge in [0.1, 0.15) is 0 Å². The minimum atomic E-state index is 0.712. The Balaban J connectivity index is 2.13. The minimum absolute atomic E-state index is 0.712. The predicted molar refractivity (Wildman–Crippen MR) is 66.5 cm³/mol. The molecule has 2 unspecified atom stereocenters. The zero-order valence-corrected chi connectivity index (χ0v) is 10.4. The van der Waals surface area contributed by atoms with Crippen LogP contribution in [0.3, 0.4) is 0 Å². The molecule has 1 fully saturated rings. The Labute approximate surface area is 98.2 Å². The van der Waals surface area contributed by atoms with Gasteiger partial charge in [0, 0.05) is 13.2 Å². The van der Waals surface area contributed by atoms with Gasteiger partial charge in [-0.1, -0.05) is 19.3 Å². The van der Waals surface area contributed by atoms with E-state index in [-0.39, 0.29) is 0 Å². The molecular formula is C13H23N3. The van der Waals surface area contributed by atoms with Crippen LogP contribution in [0.25, 0.3) is 0 Å². The molecule has 1 heterocycles. The molecule has 1 saturated carbocycles. The highest BCUT2D eigenvalue weighted by Crippen LogP contribution is 2.35. The zero-order chi connectivity index (χ0) is 11.4. The first-order valence-electron chi connectivity index (χ1n) is 6.44. The highest BCUT2D eigenvalue weighted by atomic mass is 15.2. The Morgan fingerprint density at radius 2 is 2.19 bits per heavy atom. The summed E-state index contributed by atoms with van der Waals surface area (Å²) in [5.74, 6) is 1.50. The second-order valence-electron chi connectivity index (χ2n) is 5.01. The van der Waals surface area contributed by atoms with Gasteiger partial charge in [-0.15, -0.1) is 0 Å². The van der Waals surface area contributed by atoms with Crippen molar-refractivity contribution in [2.75, 3.05) is 13.6 Å². The lowest BCUT2D eigenvalue weighted by atomic mass is 9.84. The van der Waals surface area contributed by atoms with Gasteiger partial charge in [0.25, 0.3) is 0 Å². The Hall–Kier alpha value is -0.830. The lowest BCUT2D eigenvalue weighted by Crippen LogP contribution is -2.24. The Morgan fingerprint density at radius 1 is 1.38 bits per heavy atom. The quantitative estimate of drug-likeness (QED) is 0.794. The third-order valence-corrected chi connectivity index (χ3v) is 3.78. The van der Waals surface area contributed by atoms with Gasteiger partial charge in [0.15, 0.2) is 0 Å². The van der Waals surface area contributed by atoms with Gasteiger partial charge in [0.2, 0.25) is 0 Å². The lowest BCUT2D eigenvalue weighted by Gasteiger charge is -2.23. The third-order valence-electron chi connectivity index (χ3n) is 3.78. The first kappa shape index (κ1) is 11.6. The van der Waals surface area contributed by atoms with Crippen molar-refractivity contribution in [2.45, 2.75) is 38.0 Å². The van der Waals surface area contributed by atoms with Crippen LogP contribution in [0.1, 0.15) is 43.6 Å². The maximum Gasteiger partial charge on any atom is 0.0524 e. The van der Waals surface area contributed by atoms with Crippen LogP contribution in [0, 0.1) is 5.92 Å². The average molecular weight is 221 g/mol. The SMILES string of the molecule is CNCC1CCCCCC1c1cnn(C)c1. The second kappa shape index (κ2) is 5.48. The highest BCUT2D eigenvalue weighted by molar-refractivity contribution is 5.13. The number of aromatic nitrogens is 2. The first-order valence-corrected chi connectivity index (χ1v) is 6.44. The molecule has 1 N–H and O–H groups in total. The van der Waals surface area contributed by atoms with Crippen molar-refractivity contribution in [2.24, 2.45) is 13.0 Å². The molecule has 90 valence electrons. The van der Waals surface area contributed by atoms with Crippen LogP contribution in [0.15, 0.2) is 12.4 Å². The predicted octanol–water partition coefficient (Wildman–Crippen LogP) is 2.30. The van der Waals surface area contributed by atoms with Crippen molar-refractivity contribution in [1.82, 2.24) is 15.1 Å². The molecule has 0 radical (unpaired) electrons. The molecule has 1 aliphatic rings. The Morgan fingerprint density at radius 3 is 2.88 bits per heavy atom. The van der Waals surface area contributed by atoms with Crippen molar-refractivity contribution in [3.8, 4) is 0 Å². The highest BCUT2D eigenvalue weighted by Gasteiger charge is 2.25. The maximum absolute atomic E-state index is 4.31. The smallest absolute Gasteiger partial charge is 0.0524 e. The Kier molecular flexibility index (Phi) is 3.99. The fourth-order valence-corrected chi connectivity index (χ4v) is 2.96. The fraction of sp³-hybridized carbons (Fsp3) is 0.769. The largest absolute Gasteiger partial charge is 0.319 e. The molecule has 0 amide bonds. The molecule has 1 aromatic heterocycles. The van der Waals surface area contributed by atoms with Crippen LogP contribution >= 0.6 is 0 Å². The van der Waals surface area contributed by atoms with Crippen molar-refractivity contribution in [3.05, 3.63) is 18.0 Å². The maximum atomic E-state index is 4.31. The molecule has 0 aliphatic heterocycles. The van der Waals surface area contributed by atoms with Gasteiger partial charge in [-0.2, -0.15) is 5.10 Å². The minimum Gasteiger partial charge on any atom is -0.319 e. The summed E-state index contributed by atoms with van der Waals surface area (Å²) in [5, 5.41) is 7.66. The summed E-state index contributed by atoms with van der Waals surface area (Å²) in [5.41, 5.74) is 1.43. The van der Waals surface area contributed by atoms with Gasteiger partial charge in [0.05, 0.1) is 6.20 Å². The van der Waals surface area contributed by atoms with Gasteiger partial charge < -0.3 is 5.32 Å². The van der Waals surface area contributed by atoms with E-state index in [9.17, 15) is 0 Å². The molecule has 3 heteroatoms. The number of nitrogens with zero attached hydrogens (tertiary/aromatic N) is 2. The van der Waals surface area contributed by atoms with Crippen molar-refractivity contribution in [3.63, 3.8) is 0 Å². The van der Waals surface area contributed by atoms with Crippen LogP contribution in [-0.2, 0) is 7.05 Å².